The van der Waals surface area contributed by atoms with Gasteiger partial charge in [-0.1, -0.05) is 45.2 Å². The second-order valence-electron chi connectivity index (χ2n) is 3.60. The Hall–Kier alpha value is -0.0200. The largest absolute Gasteiger partial charge is 0.490 e. The van der Waals surface area contributed by atoms with Crippen LogP contribution in [0.3, 0.4) is 0 Å². The molecular weight excluding hydrogens is 320 g/mol. The first-order valence-corrected chi connectivity index (χ1v) is 7.09. The molecule has 0 N–H and O–H groups in total. The summed E-state index contributed by atoms with van der Waals surface area (Å²) < 4.78 is 6.97. The first-order valence-electron chi connectivity index (χ1n) is 5.18. The summed E-state index contributed by atoms with van der Waals surface area (Å²) in [6.07, 6.45) is 2.54. The molecule has 0 aliphatic heterocycles. The molecule has 0 aliphatic carbocycles. The van der Waals surface area contributed by atoms with Gasteiger partial charge in [0.2, 0.25) is 0 Å². The third kappa shape index (κ3) is 4.15. The Bertz CT molecular complexity index is 312. The molecule has 1 atom stereocenters. The second-order valence-corrected chi connectivity index (χ2v) is 5.08. The normalized spacial score (nSPS) is 12.5. The van der Waals surface area contributed by atoms with Gasteiger partial charge in [-0.15, -0.1) is 0 Å². The fraction of sp³-hybridized carbons (Fsp3) is 0.500. The first kappa shape index (κ1) is 13.0. The minimum atomic E-state index is 0.286. The van der Waals surface area contributed by atoms with Crippen LogP contribution >= 0.6 is 31.9 Å². The molecule has 1 aromatic rings. The van der Waals surface area contributed by atoms with Crippen LogP contribution in [0.25, 0.3) is 0 Å². The maximum absolute atomic E-state index is 5.88. The van der Waals surface area contributed by atoms with Crippen LogP contribution in [0, 0.1) is 0 Å². The Kier molecular flexibility index (Phi) is 5.69. The van der Waals surface area contributed by atoms with Crippen molar-refractivity contribution in [3.8, 4) is 5.75 Å². The molecule has 84 valence electrons. The lowest BCUT2D eigenvalue weighted by molar-refractivity contribution is 0.208. The maximum atomic E-state index is 5.88. The van der Waals surface area contributed by atoms with Gasteiger partial charge in [0, 0.05) is 15.4 Å². The van der Waals surface area contributed by atoms with Gasteiger partial charge < -0.3 is 4.74 Å². The van der Waals surface area contributed by atoms with E-state index >= 15 is 0 Å². The molecule has 0 heterocycles. The van der Waals surface area contributed by atoms with Crippen LogP contribution in [0.2, 0.25) is 0 Å². The molecule has 0 bridgehead atoms. The highest BCUT2D eigenvalue weighted by molar-refractivity contribution is 9.10. The van der Waals surface area contributed by atoms with E-state index in [0.717, 1.165) is 28.4 Å². The van der Waals surface area contributed by atoms with E-state index in [0.29, 0.717) is 0 Å². The minimum Gasteiger partial charge on any atom is -0.490 e. The van der Waals surface area contributed by atoms with E-state index < -0.39 is 0 Å². The van der Waals surface area contributed by atoms with Gasteiger partial charge in [-0.2, -0.15) is 0 Å². The molecule has 0 spiro atoms. The smallest absolute Gasteiger partial charge is 0.123 e. The van der Waals surface area contributed by atoms with Crippen molar-refractivity contribution < 1.29 is 4.74 Å². The summed E-state index contributed by atoms with van der Waals surface area (Å²) in [6, 6.07) is 6.12. The molecule has 15 heavy (non-hydrogen) atoms. The molecule has 1 unspecified atom stereocenters. The highest BCUT2D eigenvalue weighted by atomic mass is 79.9. The number of alkyl halides is 1. The first-order chi connectivity index (χ1) is 7.17. The van der Waals surface area contributed by atoms with Crippen molar-refractivity contribution in [3.05, 3.63) is 28.2 Å². The Labute approximate surface area is 108 Å². The summed E-state index contributed by atoms with van der Waals surface area (Å²) in [6.45, 7) is 4.29. The molecule has 0 amide bonds. The van der Waals surface area contributed by atoms with Gasteiger partial charge in [0.1, 0.15) is 5.75 Å². The van der Waals surface area contributed by atoms with E-state index in [-0.39, 0.29) is 6.10 Å². The van der Waals surface area contributed by atoms with Crippen molar-refractivity contribution in [1.29, 1.82) is 0 Å². The van der Waals surface area contributed by atoms with Crippen molar-refractivity contribution in [1.82, 2.24) is 0 Å². The Morgan fingerprint density at radius 1 is 1.40 bits per heavy atom. The average molecular weight is 336 g/mol. The highest BCUT2D eigenvalue weighted by Gasteiger charge is 2.07. The number of benzene rings is 1. The van der Waals surface area contributed by atoms with Crippen molar-refractivity contribution in [2.24, 2.45) is 0 Å². The fourth-order valence-corrected chi connectivity index (χ4v) is 2.30. The minimum absolute atomic E-state index is 0.286. The SMILES string of the molecule is CCCC(C)Oc1ccc(Br)cc1CBr. The second kappa shape index (κ2) is 6.54. The molecule has 0 fully saturated rings. The van der Waals surface area contributed by atoms with E-state index in [1.165, 1.54) is 5.56 Å². The summed E-state index contributed by atoms with van der Waals surface area (Å²) in [5, 5.41) is 0.820. The highest BCUT2D eigenvalue weighted by Crippen LogP contribution is 2.26. The lowest BCUT2D eigenvalue weighted by Gasteiger charge is -2.16. The van der Waals surface area contributed by atoms with Crippen molar-refractivity contribution in [2.45, 2.75) is 38.1 Å². The molecule has 1 aromatic carbocycles. The van der Waals surface area contributed by atoms with Gasteiger partial charge >= 0.3 is 0 Å². The van der Waals surface area contributed by atoms with Crippen LogP contribution in [0.5, 0.6) is 5.75 Å². The number of halogens is 2. The monoisotopic (exact) mass is 334 g/mol. The molecule has 3 heteroatoms. The van der Waals surface area contributed by atoms with Crippen LogP contribution < -0.4 is 4.74 Å². The zero-order chi connectivity index (χ0) is 11.3. The Morgan fingerprint density at radius 3 is 2.73 bits per heavy atom. The van der Waals surface area contributed by atoms with E-state index in [1.807, 2.05) is 12.1 Å². The van der Waals surface area contributed by atoms with Gasteiger partial charge in [0.05, 0.1) is 6.10 Å². The Balaban J connectivity index is 2.75. The molecule has 0 radical (unpaired) electrons. The zero-order valence-electron chi connectivity index (χ0n) is 9.09. The van der Waals surface area contributed by atoms with Crippen LogP contribution in [-0.4, -0.2) is 6.10 Å². The van der Waals surface area contributed by atoms with Crippen LogP contribution in [0.1, 0.15) is 32.3 Å². The summed E-state index contributed by atoms with van der Waals surface area (Å²) in [4.78, 5) is 0. The molecule has 0 saturated heterocycles. The average Bonchev–Trinajstić information content (AvgIpc) is 2.21. The molecule has 0 aromatic heterocycles. The van der Waals surface area contributed by atoms with E-state index in [2.05, 4.69) is 51.8 Å². The number of hydrogen-bond acceptors (Lipinski definition) is 1. The van der Waals surface area contributed by atoms with Crippen LogP contribution in [-0.2, 0) is 5.33 Å². The predicted molar refractivity (Wildman–Crippen MR) is 71.8 cm³/mol. The van der Waals surface area contributed by atoms with E-state index in [1.54, 1.807) is 0 Å². The number of ether oxygens (including phenoxy) is 1. The van der Waals surface area contributed by atoms with Gasteiger partial charge in [-0.3, -0.25) is 0 Å². The number of hydrogen-bond donors (Lipinski definition) is 0. The Morgan fingerprint density at radius 2 is 2.13 bits per heavy atom. The van der Waals surface area contributed by atoms with Gasteiger partial charge in [-0.05, 0) is 31.5 Å². The van der Waals surface area contributed by atoms with Crippen LogP contribution in [0.15, 0.2) is 22.7 Å². The molecule has 1 nitrogen and oxygen atoms in total. The van der Waals surface area contributed by atoms with Crippen molar-refractivity contribution >= 4 is 31.9 Å². The molecule has 0 saturated carbocycles. The molecule has 0 aliphatic rings. The molecular formula is C12H16Br2O. The summed E-state index contributed by atoms with van der Waals surface area (Å²) >= 11 is 6.93. The summed E-state index contributed by atoms with van der Waals surface area (Å²) in [7, 11) is 0. The maximum Gasteiger partial charge on any atom is 0.123 e. The lowest BCUT2D eigenvalue weighted by Crippen LogP contribution is -2.11. The van der Waals surface area contributed by atoms with Gasteiger partial charge in [-0.25, -0.2) is 0 Å². The summed E-state index contributed by atoms with van der Waals surface area (Å²) in [5.41, 5.74) is 1.19. The lowest BCUT2D eigenvalue weighted by atomic mass is 10.2. The van der Waals surface area contributed by atoms with Crippen molar-refractivity contribution in [3.63, 3.8) is 0 Å². The third-order valence-corrected chi connectivity index (χ3v) is 3.29. The standard InChI is InChI=1S/C12H16Br2O/c1-3-4-9(2)15-12-6-5-11(14)7-10(12)8-13/h5-7,9H,3-4,8H2,1-2H3. The topological polar surface area (TPSA) is 9.23 Å². The van der Waals surface area contributed by atoms with Gasteiger partial charge in [0.25, 0.3) is 0 Å². The number of rotatable bonds is 5. The van der Waals surface area contributed by atoms with Crippen LogP contribution in [0.4, 0.5) is 0 Å². The van der Waals surface area contributed by atoms with E-state index in [4.69, 9.17) is 4.74 Å². The predicted octanol–water partition coefficient (Wildman–Crippen LogP) is 4.91. The van der Waals surface area contributed by atoms with Gasteiger partial charge in [0.15, 0.2) is 0 Å². The fourth-order valence-electron chi connectivity index (χ4n) is 1.45. The van der Waals surface area contributed by atoms with E-state index in [9.17, 15) is 0 Å². The zero-order valence-corrected chi connectivity index (χ0v) is 12.3. The van der Waals surface area contributed by atoms with Crippen molar-refractivity contribution in [2.75, 3.05) is 0 Å². The third-order valence-electron chi connectivity index (χ3n) is 2.19. The quantitative estimate of drug-likeness (QED) is 0.694. The summed E-state index contributed by atoms with van der Waals surface area (Å²) in [5.74, 6) is 0.982. The molecule has 1 rings (SSSR count).